The van der Waals surface area contributed by atoms with Gasteiger partial charge in [0.2, 0.25) is 0 Å². The Morgan fingerprint density at radius 1 is 1.00 bits per heavy atom. The quantitative estimate of drug-likeness (QED) is 0.116. The molecule has 0 unspecified atom stereocenters. The van der Waals surface area contributed by atoms with Crippen molar-refractivity contribution in [1.29, 1.82) is 0 Å². The van der Waals surface area contributed by atoms with Crippen LogP contribution in [0.4, 0.5) is 5.69 Å². The normalized spacial score (nSPS) is 22.5. The number of nitro benzene ring substituents is 1. The molecule has 1 aromatic carbocycles. The van der Waals surface area contributed by atoms with Crippen LogP contribution in [0.15, 0.2) is 18.2 Å². The van der Waals surface area contributed by atoms with Crippen LogP contribution < -0.4 is 0 Å². The standard InChI is InChI=1S/C27H35NO12Si/c1-15(29)37-22-21(40-25(26(32)33)24(39-17(3)31)23(22)38-16(2)30)12-10-18-13-20(28(34)35)11-9-19(18)14-36-41(7,8)27(4,5)6/h9,11,13,21-25H,14H2,1-8H3,(H,32,33)/t21-,22-,23+,24-,25-/m0/s1. The van der Waals surface area contributed by atoms with E-state index in [0.717, 1.165) is 20.8 Å². The highest BCUT2D eigenvalue weighted by Crippen LogP contribution is 2.37. The molecule has 0 amide bonds. The Morgan fingerprint density at radius 2 is 1.54 bits per heavy atom. The minimum Gasteiger partial charge on any atom is -0.479 e. The molecule has 1 aromatic rings. The van der Waals surface area contributed by atoms with Crippen LogP contribution in [0.2, 0.25) is 18.1 Å². The van der Waals surface area contributed by atoms with Crippen molar-refractivity contribution < 1.29 is 52.6 Å². The third-order valence-electron chi connectivity index (χ3n) is 6.74. The van der Waals surface area contributed by atoms with Crippen molar-refractivity contribution in [2.75, 3.05) is 0 Å². The number of nitro groups is 1. The molecule has 2 rings (SSSR count). The lowest BCUT2D eigenvalue weighted by atomic mass is 9.93. The van der Waals surface area contributed by atoms with Crippen molar-refractivity contribution in [3.05, 3.63) is 39.4 Å². The van der Waals surface area contributed by atoms with E-state index in [0.29, 0.717) is 5.56 Å². The van der Waals surface area contributed by atoms with Crippen LogP contribution >= 0.6 is 0 Å². The first-order chi connectivity index (χ1) is 18.8. The molecule has 0 radical (unpaired) electrons. The van der Waals surface area contributed by atoms with Crippen molar-refractivity contribution in [3.8, 4) is 11.8 Å². The van der Waals surface area contributed by atoms with Crippen molar-refractivity contribution in [2.24, 2.45) is 0 Å². The van der Waals surface area contributed by atoms with Crippen molar-refractivity contribution >= 4 is 37.9 Å². The monoisotopic (exact) mass is 593 g/mol. The summed E-state index contributed by atoms with van der Waals surface area (Å²) >= 11 is 0. The molecule has 5 atom stereocenters. The molecule has 0 aliphatic carbocycles. The number of esters is 3. The van der Waals surface area contributed by atoms with Gasteiger partial charge in [0.1, 0.15) is 0 Å². The predicted octanol–water partition coefficient (Wildman–Crippen LogP) is 3.12. The highest BCUT2D eigenvalue weighted by molar-refractivity contribution is 6.74. The first-order valence-corrected chi connectivity index (χ1v) is 15.6. The first kappa shape index (κ1) is 33.4. The van der Waals surface area contributed by atoms with E-state index < -0.39 is 67.6 Å². The Morgan fingerprint density at radius 3 is 2.02 bits per heavy atom. The third-order valence-corrected chi connectivity index (χ3v) is 11.2. The van der Waals surface area contributed by atoms with Crippen LogP contribution in [-0.2, 0) is 49.2 Å². The maximum atomic E-state index is 12.1. The van der Waals surface area contributed by atoms with Gasteiger partial charge < -0.3 is 28.5 Å². The Labute approximate surface area is 238 Å². The van der Waals surface area contributed by atoms with E-state index in [2.05, 4.69) is 32.6 Å². The van der Waals surface area contributed by atoms with Crippen LogP contribution in [0.5, 0.6) is 0 Å². The topological polar surface area (TPSA) is 178 Å². The van der Waals surface area contributed by atoms with E-state index in [1.165, 1.54) is 18.2 Å². The van der Waals surface area contributed by atoms with Gasteiger partial charge >= 0.3 is 23.9 Å². The number of carboxylic acid groups (broad SMARTS) is 1. The maximum Gasteiger partial charge on any atom is 0.336 e. The predicted molar refractivity (Wildman–Crippen MR) is 145 cm³/mol. The van der Waals surface area contributed by atoms with E-state index in [4.69, 9.17) is 23.4 Å². The van der Waals surface area contributed by atoms with Crippen LogP contribution in [0.25, 0.3) is 0 Å². The molecule has 0 bridgehead atoms. The van der Waals surface area contributed by atoms with Crippen molar-refractivity contribution in [1.82, 2.24) is 0 Å². The van der Waals surface area contributed by atoms with Gasteiger partial charge in [-0.15, -0.1) is 0 Å². The van der Waals surface area contributed by atoms with Gasteiger partial charge in [-0.05, 0) is 29.8 Å². The fraction of sp³-hybridized carbons (Fsp3) is 0.556. The fourth-order valence-electron chi connectivity index (χ4n) is 3.67. The number of benzene rings is 1. The zero-order valence-electron chi connectivity index (χ0n) is 24.2. The molecule has 1 fully saturated rings. The molecule has 41 heavy (non-hydrogen) atoms. The fourth-order valence-corrected chi connectivity index (χ4v) is 4.62. The molecular weight excluding hydrogens is 558 g/mol. The summed E-state index contributed by atoms with van der Waals surface area (Å²) in [5.41, 5.74) is 0.473. The summed E-state index contributed by atoms with van der Waals surface area (Å²) < 4.78 is 27.5. The molecule has 224 valence electrons. The number of hydrogen-bond donors (Lipinski definition) is 1. The van der Waals surface area contributed by atoms with Gasteiger partial charge in [0, 0.05) is 38.5 Å². The molecule has 14 heteroatoms. The highest BCUT2D eigenvalue weighted by atomic mass is 28.4. The SMILES string of the molecule is CC(=O)O[C@@H]1[C@@H](OC(C)=O)[C@H](C#Cc2cc([N+](=O)[O-])ccc2CO[Si](C)(C)C(C)(C)C)O[C@H](C(=O)O)[C@H]1OC(C)=O. The molecule has 1 heterocycles. The summed E-state index contributed by atoms with van der Waals surface area (Å²) in [6.45, 7) is 13.5. The minimum atomic E-state index is -2.22. The van der Waals surface area contributed by atoms with Gasteiger partial charge in [0.05, 0.1) is 11.5 Å². The number of carbonyl (C=O) groups is 4. The van der Waals surface area contributed by atoms with E-state index >= 15 is 0 Å². The average molecular weight is 594 g/mol. The van der Waals surface area contributed by atoms with Crippen molar-refractivity contribution in [2.45, 2.75) is 96.8 Å². The number of ether oxygens (including phenoxy) is 4. The Hall–Kier alpha value is -3.80. The van der Waals surface area contributed by atoms with Gasteiger partial charge in [-0.1, -0.05) is 32.6 Å². The summed E-state index contributed by atoms with van der Waals surface area (Å²) in [7, 11) is -2.22. The van der Waals surface area contributed by atoms with Gasteiger partial charge in [0.25, 0.3) is 5.69 Å². The number of carboxylic acids is 1. The Kier molecular flexibility index (Phi) is 10.8. The third kappa shape index (κ3) is 8.84. The molecule has 1 aliphatic heterocycles. The van der Waals surface area contributed by atoms with E-state index in [1.807, 2.05) is 13.1 Å². The van der Waals surface area contributed by atoms with Gasteiger partial charge in [-0.2, -0.15) is 0 Å². The van der Waals surface area contributed by atoms with Crippen LogP contribution in [0, 0.1) is 22.0 Å². The Balaban J connectivity index is 2.62. The highest BCUT2D eigenvalue weighted by Gasteiger charge is 2.54. The molecule has 0 saturated carbocycles. The molecule has 0 spiro atoms. The number of nitrogens with zero attached hydrogens (tertiary/aromatic N) is 1. The second-order valence-electron chi connectivity index (χ2n) is 11.0. The molecule has 13 nitrogen and oxygen atoms in total. The Bertz CT molecular complexity index is 1260. The van der Waals surface area contributed by atoms with Gasteiger partial charge in [0.15, 0.2) is 38.8 Å². The number of aliphatic carboxylic acids is 1. The number of rotatable bonds is 8. The van der Waals surface area contributed by atoms with Crippen LogP contribution in [-0.4, -0.2) is 72.7 Å². The average Bonchev–Trinajstić information content (AvgIpc) is 2.82. The number of hydrogen-bond acceptors (Lipinski definition) is 11. The molecule has 1 saturated heterocycles. The smallest absolute Gasteiger partial charge is 0.336 e. The lowest BCUT2D eigenvalue weighted by Crippen LogP contribution is -2.62. The lowest BCUT2D eigenvalue weighted by molar-refractivity contribution is -0.384. The van der Waals surface area contributed by atoms with Gasteiger partial charge in [-0.25, -0.2) is 4.79 Å². The first-order valence-electron chi connectivity index (χ1n) is 12.7. The summed E-state index contributed by atoms with van der Waals surface area (Å²) in [5, 5.41) is 21.2. The summed E-state index contributed by atoms with van der Waals surface area (Å²) in [6.07, 6.45) is -8.09. The largest absolute Gasteiger partial charge is 0.479 e. The second-order valence-corrected chi connectivity index (χ2v) is 15.8. The van der Waals surface area contributed by atoms with E-state index in [-0.39, 0.29) is 22.9 Å². The van der Waals surface area contributed by atoms with E-state index in [9.17, 15) is 34.4 Å². The van der Waals surface area contributed by atoms with Gasteiger partial charge in [-0.3, -0.25) is 24.5 Å². The second kappa shape index (κ2) is 13.2. The minimum absolute atomic E-state index is 0.0970. The number of carbonyl (C=O) groups excluding carboxylic acids is 3. The lowest BCUT2D eigenvalue weighted by Gasteiger charge is -2.41. The molecule has 1 N–H and O–H groups in total. The maximum absolute atomic E-state index is 12.1. The molecular formula is C27H35NO12Si. The van der Waals surface area contributed by atoms with Crippen LogP contribution in [0.3, 0.4) is 0 Å². The summed E-state index contributed by atoms with van der Waals surface area (Å²) in [6, 6.07) is 4.06. The van der Waals surface area contributed by atoms with Crippen LogP contribution in [0.1, 0.15) is 52.7 Å². The summed E-state index contributed by atoms with van der Waals surface area (Å²) in [5.74, 6) is 1.29. The molecule has 1 aliphatic rings. The number of non-ortho nitro benzene ring substituents is 1. The molecule has 0 aromatic heterocycles. The zero-order valence-corrected chi connectivity index (χ0v) is 25.2. The van der Waals surface area contributed by atoms with E-state index in [1.54, 1.807) is 0 Å². The summed E-state index contributed by atoms with van der Waals surface area (Å²) in [4.78, 5) is 58.5. The zero-order chi connectivity index (χ0) is 31.3. The van der Waals surface area contributed by atoms with Crippen molar-refractivity contribution in [3.63, 3.8) is 0 Å².